The predicted molar refractivity (Wildman–Crippen MR) is 72.1 cm³/mol. The number of hydrogen-bond acceptors (Lipinski definition) is 6. The van der Waals surface area contributed by atoms with Crippen LogP contribution in [0.2, 0.25) is 0 Å². The average molecular weight is 251 g/mol. The monoisotopic (exact) mass is 251 g/mol. The van der Waals surface area contributed by atoms with Gasteiger partial charge in [0.2, 0.25) is 0 Å². The van der Waals surface area contributed by atoms with Gasteiger partial charge in [0, 0.05) is 38.8 Å². The smallest absolute Gasteiger partial charge is 0.134 e. The number of aromatic nitrogens is 2. The summed E-state index contributed by atoms with van der Waals surface area (Å²) < 4.78 is 5.32. The van der Waals surface area contributed by atoms with Gasteiger partial charge in [0.25, 0.3) is 0 Å². The van der Waals surface area contributed by atoms with Crippen LogP contribution in [0.15, 0.2) is 6.33 Å². The van der Waals surface area contributed by atoms with Crippen molar-refractivity contribution in [3.63, 3.8) is 0 Å². The second-order valence-corrected chi connectivity index (χ2v) is 4.33. The highest BCUT2D eigenvalue weighted by atomic mass is 16.5. The minimum absolute atomic E-state index is 0.844. The molecule has 6 heteroatoms. The van der Waals surface area contributed by atoms with Crippen molar-refractivity contribution < 1.29 is 4.74 Å². The van der Waals surface area contributed by atoms with Gasteiger partial charge in [-0.15, -0.1) is 0 Å². The van der Waals surface area contributed by atoms with E-state index in [1.54, 1.807) is 6.33 Å². The maximum absolute atomic E-state index is 5.32. The van der Waals surface area contributed by atoms with E-state index in [0.717, 1.165) is 56.6 Å². The fourth-order valence-corrected chi connectivity index (χ4v) is 2.04. The third-order valence-corrected chi connectivity index (χ3v) is 3.15. The predicted octanol–water partition coefficient (Wildman–Crippen LogP) is 0.571. The summed E-state index contributed by atoms with van der Waals surface area (Å²) in [6.07, 6.45) is 1.58. The highest BCUT2D eigenvalue weighted by Crippen LogP contribution is 2.16. The zero-order chi connectivity index (χ0) is 12.8. The molecule has 1 aliphatic rings. The summed E-state index contributed by atoms with van der Waals surface area (Å²) in [4.78, 5) is 10.8. The Hall–Kier alpha value is -1.40. The lowest BCUT2D eigenvalue weighted by atomic mass is 10.3. The van der Waals surface area contributed by atoms with Gasteiger partial charge in [0.05, 0.1) is 13.2 Å². The summed E-state index contributed by atoms with van der Waals surface area (Å²) in [5, 5.41) is 6.42. The average Bonchev–Trinajstić information content (AvgIpc) is 2.42. The minimum Gasteiger partial charge on any atom is -0.379 e. The van der Waals surface area contributed by atoms with Gasteiger partial charge in [0.1, 0.15) is 18.0 Å². The molecule has 0 aliphatic carbocycles. The Labute approximate surface area is 108 Å². The van der Waals surface area contributed by atoms with E-state index < -0.39 is 0 Å². The Bertz CT molecular complexity index is 379. The minimum atomic E-state index is 0.844. The molecule has 2 N–H and O–H groups in total. The molecular formula is C12H21N5O. The van der Waals surface area contributed by atoms with Crippen LogP contribution in [0.25, 0.3) is 0 Å². The molecule has 0 amide bonds. The van der Waals surface area contributed by atoms with E-state index in [9.17, 15) is 0 Å². The number of nitrogens with one attached hydrogen (secondary N) is 2. The van der Waals surface area contributed by atoms with Crippen molar-refractivity contribution in [2.45, 2.75) is 6.92 Å². The summed E-state index contributed by atoms with van der Waals surface area (Å²) in [5.74, 6) is 1.78. The van der Waals surface area contributed by atoms with Crippen molar-refractivity contribution in [3.8, 4) is 0 Å². The van der Waals surface area contributed by atoms with E-state index in [1.807, 2.05) is 14.0 Å². The van der Waals surface area contributed by atoms with E-state index in [1.165, 1.54) is 0 Å². The standard InChI is InChI=1S/C12H21N5O/c1-10-11(13-2)15-9-16-12(10)14-3-4-17-5-7-18-8-6-17/h9H,3-8H2,1-2H3,(H2,13,14,15,16). The molecule has 6 nitrogen and oxygen atoms in total. The van der Waals surface area contributed by atoms with Crippen LogP contribution < -0.4 is 10.6 Å². The lowest BCUT2D eigenvalue weighted by molar-refractivity contribution is 0.0398. The first-order valence-electron chi connectivity index (χ1n) is 6.34. The molecule has 1 aromatic rings. The van der Waals surface area contributed by atoms with E-state index in [2.05, 4.69) is 25.5 Å². The normalized spacial score (nSPS) is 16.6. The molecule has 1 aromatic heterocycles. The lowest BCUT2D eigenvalue weighted by Gasteiger charge is -2.26. The molecule has 100 valence electrons. The third-order valence-electron chi connectivity index (χ3n) is 3.15. The van der Waals surface area contributed by atoms with Crippen molar-refractivity contribution in [2.24, 2.45) is 0 Å². The van der Waals surface area contributed by atoms with Gasteiger partial charge in [-0.25, -0.2) is 9.97 Å². The molecule has 2 rings (SSSR count). The first-order valence-corrected chi connectivity index (χ1v) is 6.34. The fraction of sp³-hybridized carbons (Fsp3) is 0.667. The molecule has 2 heterocycles. The number of hydrogen-bond donors (Lipinski definition) is 2. The summed E-state index contributed by atoms with van der Waals surface area (Å²) in [6.45, 7) is 7.65. The summed E-state index contributed by atoms with van der Waals surface area (Å²) in [5.41, 5.74) is 1.06. The Balaban J connectivity index is 1.82. The molecule has 0 saturated carbocycles. The number of nitrogens with zero attached hydrogens (tertiary/aromatic N) is 3. The zero-order valence-electron chi connectivity index (χ0n) is 11.1. The van der Waals surface area contributed by atoms with Crippen molar-refractivity contribution in [1.29, 1.82) is 0 Å². The zero-order valence-corrected chi connectivity index (χ0v) is 11.1. The maximum atomic E-state index is 5.32. The van der Waals surface area contributed by atoms with E-state index in [0.29, 0.717) is 0 Å². The van der Waals surface area contributed by atoms with Crippen LogP contribution >= 0.6 is 0 Å². The van der Waals surface area contributed by atoms with Crippen LogP contribution in [0.4, 0.5) is 11.6 Å². The molecule has 0 unspecified atom stereocenters. The number of anilines is 2. The van der Waals surface area contributed by atoms with Gasteiger partial charge in [-0.2, -0.15) is 0 Å². The lowest BCUT2D eigenvalue weighted by Crippen LogP contribution is -2.39. The van der Waals surface area contributed by atoms with Crippen LogP contribution in [0.5, 0.6) is 0 Å². The highest BCUT2D eigenvalue weighted by molar-refractivity contribution is 5.55. The van der Waals surface area contributed by atoms with Crippen LogP contribution in [0.3, 0.4) is 0 Å². The van der Waals surface area contributed by atoms with Crippen LogP contribution in [0.1, 0.15) is 5.56 Å². The van der Waals surface area contributed by atoms with E-state index >= 15 is 0 Å². The van der Waals surface area contributed by atoms with Gasteiger partial charge in [-0.05, 0) is 6.92 Å². The number of morpholine rings is 1. The van der Waals surface area contributed by atoms with E-state index in [4.69, 9.17) is 4.74 Å². The van der Waals surface area contributed by atoms with Crippen LogP contribution in [-0.2, 0) is 4.74 Å². The highest BCUT2D eigenvalue weighted by Gasteiger charge is 2.10. The first kappa shape index (κ1) is 13.0. The van der Waals surface area contributed by atoms with Gasteiger partial charge >= 0.3 is 0 Å². The fourth-order valence-electron chi connectivity index (χ4n) is 2.04. The van der Waals surface area contributed by atoms with Crippen LogP contribution in [0, 0.1) is 6.92 Å². The largest absolute Gasteiger partial charge is 0.379 e. The van der Waals surface area contributed by atoms with Crippen molar-refractivity contribution >= 4 is 11.6 Å². The second kappa shape index (κ2) is 6.51. The molecule has 0 aromatic carbocycles. The topological polar surface area (TPSA) is 62.3 Å². The molecule has 0 atom stereocenters. The van der Waals surface area contributed by atoms with Gasteiger partial charge in [-0.1, -0.05) is 0 Å². The van der Waals surface area contributed by atoms with Crippen molar-refractivity contribution in [3.05, 3.63) is 11.9 Å². The van der Waals surface area contributed by atoms with Gasteiger partial charge in [-0.3, -0.25) is 4.90 Å². The Morgan fingerprint density at radius 1 is 1.28 bits per heavy atom. The van der Waals surface area contributed by atoms with Crippen molar-refractivity contribution in [1.82, 2.24) is 14.9 Å². The molecule has 0 radical (unpaired) electrons. The molecule has 1 fully saturated rings. The van der Waals surface area contributed by atoms with Crippen LogP contribution in [-0.4, -0.2) is 61.3 Å². The molecule has 18 heavy (non-hydrogen) atoms. The number of ether oxygens (including phenoxy) is 1. The van der Waals surface area contributed by atoms with Gasteiger partial charge < -0.3 is 15.4 Å². The molecule has 0 spiro atoms. The SMILES string of the molecule is CNc1ncnc(NCCN2CCOCC2)c1C. The summed E-state index contributed by atoms with van der Waals surface area (Å²) >= 11 is 0. The summed E-state index contributed by atoms with van der Waals surface area (Å²) in [6, 6.07) is 0. The second-order valence-electron chi connectivity index (χ2n) is 4.33. The third kappa shape index (κ3) is 3.30. The Morgan fingerprint density at radius 2 is 2.00 bits per heavy atom. The molecule has 0 bridgehead atoms. The number of rotatable bonds is 5. The van der Waals surface area contributed by atoms with Crippen molar-refractivity contribution in [2.75, 3.05) is 57.1 Å². The Kier molecular flexibility index (Phi) is 4.72. The van der Waals surface area contributed by atoms with Gasteiger partial charge in [0.15, 0.2) is 0 Å². The maximum Gasteiger partial charge on any atom is 0.134 e. The van der Waals surface area contributed by atoms with E-state index in [-0.39, 0.29) is 0 Å². The Morgan fingerprint density at radius 3 is 2.72 bits per heavy atom. The summed E-state index contributed by atoms with van der Waals surface area (Å²) in [7, 11) is 1.87. The first-order chi connectivity index (χ1) is 8.81. The quantitative estimate of drug-likeness (QED) is 0.798. The molecule has 1 saturated heterocycles. The molecule has 1 aliphatic heterocycles. The molecular weight excluding hydrogens is 230 g/mol.